The summed E-state index contributed by atoms with van der Waals surface area (Å²) in [5, 5.41) is 9.07. The first-order valence-electron chi connectivity index (χ1n) is 7.45. The summed E-state index contributed by atoms with van der Waals surface area (Å²) in [6.07, 6.45) is 0.407. The molecule has 0 bridgehead atoms. The number of ketones is 1. The van der Waals surface area contributed by atoms with E-state index in [0.29, 0.717) is 12.0 Å². The lowest BCUT2D eigenvalue weighted by molar-refractivity contribution is 0.0992. The molecule has 0 aliphatic heterocycles. The molecular weight excluding hydrogens is 270 g/mol. The number of hydrogen-bond acceptors (Lipinski definition) is 2. The Balaban J connectivity index is 2.39. The highest BCUT2D eigenvalue weighted by Crippen LogP contribution is 2.22. The number of carbonyl (C=O) groups is 1. The first kappa shape index (κ1) is 16.0. The minimum absolute atomic E-state index is 0.111. The fourth-order valence-corrected chi connectivity index (χ4v) is 2.99. The van der Waals surface area contributed by atoms with Crippen LogP contribution in [-0.2, 0) is 6.42 Å². The molecule has 2 rings (SSSR count). The normalized spacial score (nSPS) is 10.4. The van der Waals surface area contributed by atoms with E-state index in [1.54, 1.807) is 12.1 Å². The van der Waals surface area contributed by atoms with Crippen LogP contribution in [0.3, 0.4) is 0 Å². The van der Waals surface area contributed by atoms with Gasteiger partial charge in [-0.15, -0.1) is 0 Å². The highest BCUT2D eigenvalue weighted by molar-refractivity contribution is 5.99. The van der Waals surface area contributed by atoms with Crippen LogP contribution >= 0.6 is 0 Å². The standard InChI is InChI=1S/C20H21NO/c1-12-8-13(2)19(14(3)9-12)10-20(22)18-7-6-17(11-21)15(4)16(18)5/h6-9H,10H2,1-5H3. The van der Waals surface area contributed by atoms with Gasteiger partial charge in [0, 0.05) is 12.0 Å². The zero-order chi connectivity index (χ0) is 16.4. The maximum atomic E-state index is 12.7. The average Bonchev–Trinajstić information content (AvgIpc) is 2.45. The molecule has 0 spiro atoms. The van der Waals surface area contributed by atoms with Gasteiger partial charge in [0.25, 0.3) is 0 Å². The molecule has 2 aromatic rings. The van der Waals surface area contributed by atoms with Crippen LogP contribution in [0.25, 0.3) is 0 Å². The van der Waals surface area contributed by atoms with Crippen molar-refractivity contribution in [3.05, 3.63) is 68.8 Å². The first-order valence-corrected chi connectivity index (χ1v) is 7.45. The molecule has 0 unspecified atom stereocenters. The van der Waals surface area contributed by atoms with E-state index in [0.717, 1.165) is 33.4 Å². The molecule has 0 radical (unpaired) electrons. The van der Waals surface area contributed by atoms with Gasteiger partial charge in [-0.2, -0.15) is 5.26 Å². The SMILES string of the molecule is Cc1cc(C)c(CC(=O)c2ccc(C#N)c(C)c2C)c(C)c1. The third kappa shape index (κ3) is 2.94. The van der Waals surface area contributed by atoms with Gasteiger partial charge in [-0.25, -0.2) is 0 Å². The third-order valence-corrected chi connectivity index (χ3v) is 4.39. The van der Waals surface area contributed by atoms with Crippen molar-refractivity contribution in [2.24, 2.45) is 0 Å². The van der Waals surface area contributed by atoms with Crippen molar-refractivity contribution in [2.45, 2.75) is 41.0 Å². The number of nitrogens with zero attached hydrogens (tertiary/aromatic N) is 1. The predicted molar refractivity (Wildman–Crippen MR) is 89.3 cm³/mol. The maximum absolute atomic E-state index is 12.7. The van der Waals surface area contributed by atoms with Gasteiger partial charge in [-0.3, -0.25) is 4.79 Å². The fourth-order valence-electron chi connectivity index (χ4n) is 2.99. The molecule has 0 saturated heterocycles. The van der Waals surface area contributed by atoms with E-state index in [2.05, 4.69) is 39.0 Å². The Morgan fingerprint density at radius 3 is 2.14 bits per heavy atom. The van der Waals surface area contributed by atoms with Crippen molar-refractivity contribution in [3.63, 3.8) is 0 Å². The maximum Gasteiger partial charge on any atom is 0.167 e. The van der Waals surface area contributed by atoms with Crippen LogP contribution in [-0.4, -0.2) is 5.78 Å². The molecule has 0 N–H and O–H groups in total. The topological polar surface area (TPSA) is 40.9 Å². The van der Waals surface area contributed by atoms with Gasteiger partial charge in [0.05, 0.1) is 11.6 Å². The highest BCUT2D eigenvalue weighted by Gasteiger charge is 2.15. The number of nitriles is 1. The summed E-state index contributed by atoms with van der Waals surface area (Å²) in [6, 6.07) is 9.92. The summed E-state index contributed by atoms with van der Waals surface area (Å²) >= 11 is 0. The minimum Gasteiger partial charge on any atom is -0.294 e. The molecule has 0 fully saturated rings. The zero-order valence-corrected chi connectivity index (χ0v) is 13.9. The number of carbonyl (C=O) groups excluding carboxylic acids is 1. The number of hydrogen-bond donors (Lipinski definition) is 0. The smallest absolute Gasteiger partial charge is 0.167 e. The van der Waals surface area contributed by atoms with E-state index in [1.165, 1.54) is 5.56 Å². The molecule has 0 amide bonds. The van der Waals surface area contributed by atoms with Gasteiger partial charge in [0.1, 0.15) is 0 Å². The second kappa shape index (κ2) is 6.15. The Morgan fingerprint density at radius 1 is 1.00 bits per heavy atom. The van der Waals surface area contributed by atoms with Crippen LogP contribution in [0, 0.1) is 45.9 Å². The third-order valence-electron chi connectivity index (χ3n) is 4.39. The zero-order valence-electron chi connectivity index (χ0n) is 13.9. The number of Topliss-reactive ketones (excluding diaryl/α,β-unsaturated/α-hetero) is 1. The summed E-state index contributed by atoms with van der Waals surface area (Å²) in [5.41, 5.74) is 7.81. The second-order valence-corrected chi connectivity index (χ2v) is 6.00. The van der Waals surface area contributed by atoms with Crippen LogP contribution in [0.4, 0.5) is 0 Å². The molecule has 22 heavy (non-hydrogen) atoms. The van der Waals surface area contributed by atoms with Crippen LogP contribution in [0.2, 0.25) is 0 Å². The lowest BCUT2D eigenvalue weighted by Crippen LogP contribution is -2.09. The molecule has 0 aliphatic carbocycles. The van der Waals surface area contributed by atoms with Gasteiger partial charge in [0.2, 0.25) is 0 Å². The van der Waals surface area contributed by atoms with Crippen molar-refractivity contribution in [3.8, 4) is 6.07 Å². The van der Waals surface area contributed by atoms with Crippen LogP contribution in [0.1, 0.15) is 49.3 Å². The largest absolute Gasteiger partial charge is 0.294 e. The van der Waals surface area contributed by atoms with Crippen molar-refractivity contribution < 1.29 is 4.79 Å². The van der Waals surface area contributed by atoms with Crippen molar-refractivity contribution in [1.29, 1.82) is 5.26 Å². The number of benzene rings is 2. The average molecular weight is 291 g/mol. The van der Waals surface area contributed by atoms with Crippen LogP contribution < -0.4 is 0 Å². The lowest BCUT2D eigenvalue weighted by atomic mass is 9.90. The fraction of sp³-hybridized carbons (Fsp3) is 0.300. The van der Waals surface area contributed by atoms with E-state index in [-0.39, 0.29) is 5.78 Å². The van der Waals surface area contributed by atoms with E-state index in [9.17, 15) is 4.79 Å². The summed E-state index contributed by atoms with van der Waals surface area (Å²) in [4.78, 5) is 12.7. The monoisotopic (exact) mass is 291 g/mol. The Labute approximate surface area is 132 Å². The number of rotatable bonds is 3. The summed E-state index contributed by atoms with van der Waals surface area (Å²) in [7, 11) is 0. The Hall–Kier alpha value is -2.40. The van der Waals surface area contributed by atoms with E-state index in [1.807, 2.05) is 13.8 Å². The molecule has 0 heterocycles. The van der Waals surface area contributed by atoms with Crippen molar-refractivity contribution >= 4 is 5.78 Å². The molecule has 112 valence electrons. The second-order valence-electron chi connectivity index (χ2n) is 6.00. The Bertz CT molecular complexity index is 771. The molecule has 2 heteroatoms. The van der Waals surface area contributed by atoms with Gasteiger partial charge in [-0.05, 0) is 74.6 Å². The van der Waals surface area contributed by atoms with E-state index in [4.69, 9.17) is 5.26 Å². The van der Waals surface area contributed by atoms with Gasteiger partial charge in [-0.1, -0.05) is 17.7 Å². The molecule has 0 aliphatic rings. The molecule has 2 nitrogen and oxygen atoms in total. The Morgan fingerprint density at radius 2 is 1.59 bits per heavy atom. The van der Waals surface area contributed by atoms with Crippen molar-refractivity contribution in [2.75, 3.05) is 0 Å². The van der Waals surface area contributed by atoms with E-state index < -0.39 is 0 Å². The molecule has 0 aromatic heterocycles. The Kier molecular flexibility index (Phi) is 4.47. The van der Waals surface area contributed by atoms with Gasteiger partial charge in [0.15, 0.2) is 5.78 Å². The first-order chi connectivity index (χ1) is 10.3. The highest BCUT2D eigenvalue weighted by atomic mass is 16.1. The van der Waals surface area contributed by atoms with Crippen LogP contribution in [0.15, 0.2) is 24.3 Å². The molecule has 2 aromatic carbocycles. The summed E-state index contributed by atoms with van der Waals surface area (Å²) in [6.45, 7) is 9.99. The van der Waals surface area contributed by atoms with E-state index >= 15 is 0 Å². The summed E-state index contributed by atoms with van der Waals surface area (Å²) in [5.74, 6) is 0.111. The lowest BCUT2D eigenvalue weighted by Gasteiger charge is -2.13. The predicted octanol–water partition coefficient (Wildman–Crippen LogP) is 4.53. The van der Waals surface area contributed by atoms with Crippen molar-refractivity contribution in [1.82, 2.24) is 0 Å². The minimum atomic E-state index is 0.111. The summed E-state index contributed by atoms with van der Waals surface area (Å²) < 4.78 is 0. The van der Waals surface area contributed by atoms with Crippen LogP contribution in [0.5, 0.6) is 0 Å². The number of aryl methyl sites for hydroxylation is 3. The molecule has 0 atom stereocenters. The van der Waals surface area contributed by atoms with Gasteiger partial charge >= 0.3 is 0 Å². The molecule has 0 saturated carbocycles. The quantitative estimate of drug-likeness (QED) is 0.780. The van der Waals surface area contributed by atoms with Gasteiger partial charge < -0.3 is 0 Å². The molecular formula is C20H21NO.